The summed E-state index contributed by atoms with van der Waals surface area (Å²) in [5.41, 5.74) is 6.30. The second-order valence-electron chi connectivity index (χ2n) is 5.95. The molecule has 1 aromatic rings. The number of hydrogen-bond donors (Lipinski definition) is 3. The Morgan fingerprint density at radius 1 is 1.42 bits per heavy atom. The zero-order valence-corrected chi connectivity index (χ0v) is 14.3. The summed E-state index contributed by atoms with van der Waals surface area (Å²) in [6, 6.07) is 3.57. The lowest BCUT2D eigenvalue weighted by atomic mass is 9.94. The third-order valence-electron chi connectivity index (χ3n) is 3.85. The molecule has 24 heavy (non-hydrogen) atoms. The highest BCUT2D eigenvalue weighted by molar-refractivity contribution is 6.30. The van der Waals surface area contributed by atoms with Gasteiger partial charge in [-0.2, -0.15) is 0 Å². The average Bonchev–Trinajstić information content (AvgIpc) is 2.55. The van der Waals surface area contributed by atoms with E-state index in [1.165, 1.54) is 12.1 Å². The molecule has 132 valence electrons. The smallest absolute Gasteiger partial charge is 0.317 e. The van der Waals surface area contributed by atoms with E-state index in [-0.39, 0.29) is 29.5 Å². The topological polar surface area (TPSA) is 87.5 Å². The molecule has 1 fully saturated rings. The Labute approximate surface area is 145 Å². The van der Waals surface area contributed by atoms with Gasteiger partial charge in [-0.1, -0.05) is 18.5 Å². The van der Waals surface area contributed by atoms with Crippen LogP contribution in [0.25, 0.3) is 0 Å². The molecule has 2 atom stereocenters. The van der Waals surface area contributed by atoms with Crippen LogP contribution < -0.4 is 16.4 Å². The van der Waals surface area contributed by atoms with Crippen LogP contribution in [0.15, 0.2) is 18.2 Å². The lowest BCUT2D eigenvalue weighted by molar-refractivity contribution is -0.121. The fourth-order valence-corrected chi connectivity index (χ4v) is 2.77. The predicted octanol–water partition coefficient (Wildman–Crippen LogP) is 2.19. The predicted molar refractivity (Wildman–Crippen MR) is 91.4 cm³/mol. The normalized spacial score (nSPS) is 20.6. The molecule has 0 unspecified atom stereocenters. The molecule has 6 nitrogen and oxygen atoms in total. The number of carbonyl (C=O) groups excluding carboxylic acids is 2. The first-order valence-electron chi connectivity index (χ1n) is 7.95. The monoisotopic (exact) mass is 356 g/mol. The summed E-state index contributed by atoms with van der Waals surface area (Å²) >= 11 is 5.63. The fraction of sp³-hybridized carbons (Fsp3) is 0.500. The molecule has 2 rings (SSSR count). The number of benzene rings is 1. The van der Waals surface area contributed by atoms with Crippen LogP contribution in [0.4, 0.5) is 14.9 Å². The third kappa shape index (κ3) is 4.82. The number of carbonyl (C=O) groups is 2. The van der Waals surface area contributed by atoms with Crippen LogP contribution in [-0.4, -0.2) is 42.5 Å². The molecule has 8 heteroatoms. The molecular formula is C16H22ClFN4O2. The Bertz CT molecular complexity index is 614. The van der Waals surface area contributed by atoms with Crippen LogP contribution in [0.5, 0.6) is 0 Å². The molecule has 0 aromatic heterocycles. The second-order valence-corrected chi connectivity index (χ2v) is 6.35. The molecule has 1 heterocycles. The first-order valence-corrected chi connectivity index (χ1v) is 8.32. The Morgan fingerprint density at radius 3 is 2.83 bits per heavy atom. The number of nitrogens with one attached hydrogen (secondary N) is 2. The summed E-state index contributed by atoms with van der Waals surface area (Å²) in [6.07, 6.45) is 1.30. The Kier molecular flexibility index (Phi) is 6.39. The van der Waals surface area contributed by atoms with Gasteiger partial charge in [-0.25, -0.2) is 9.18 Å². The van der Waals surface area contributed by atoms with Crippen molar-refractivity contribution in [3.05, 3.63) is 29.0 Å². The quantitative estimate of drug-likeness (QED) is 0.772. The highest BCUT2D eigenvalue weighted by Gasteiger charge is 2.32. The Morgan fingerprint density at radius 2 is 2.17 bits per heavy atom. The minimum atomic E-state index is -0.601. The van der Waals surface area contributed by atoms with E-state index in [0.29, 0.717) is 25.2 Å². The molecule has 1 saturated heterocycles. The number of amides is 3. The van der Waals surface area contributed by atoms with Gasteiger partial charge < -0.3 is 21.3 Å². The summed E-state index contributed by atoms with van der Waals surface area (Å²) in [6.45, 7) is 3.23. The fourth-order valence-electron chi connectivity index (χ4n) is 2.66. The van der Waals surface area contributed by atoms with E-state index in [1.54, 1.807) is 4.90 Å². The molecule has 1 aromatic carbocycles. The number of halogens is 2. The van der Waals surface area contributed by atoms with Crippen molar-refractivity contribution >= 4 is 29.2 Å². The summed E-state index contributed by atoms with van der Waals surface area (Å²) in [5.74, 6) is -1.34. The van der Waals surface area contributed by atoms with Crippen LogP contribution >= 0.6 is 11.6 Å². The molecule has 4 N–H and O–H groups in total. The molecule has 0 radical (unpaired) electrons. The van der Waals surface area contributed by atoms with Gasteiger partial charge >= 0.3 is 6.03 Å². The van der Waals surface area contributed by atoms with Gasteiger partial charge in [0.2, 0.25) is 5.91 Å². The van der Waals surface area contributed by atoms with E-state index in [9.17, 15) is 14.0 Å². The summed E-state index contributed by atoms with van der Waals surface area (Å²) < 4.78 is 13.5. The van der Waals surface area contributed by atoms with Gasteiger partial charge in [0.15, 0.2) is 0 Å². The molecule has 0 saturated carbocycles. The number of nitrogens with two attached hydrogens (primary N) is 1. The standard InChI is InChI=1S/C16H22ClFN4O2/c1-2-5-20-16(24)22-8-10(6-11(19)9-22)15(23)21-12-3-4-13(17)14(18)7-12/h3-4,7,10-11H,2,5-6,8-9,19H2,1H3,(H,20,24)(H,21,23)/t10-,11+/m0/s1. The maximum atomic E-state index is 13.5. The molecule has 1 aliphatic rings. The molecule has 0 bridgehead atoms. The average molecular weight is 357 g/mol. The minimum absolute atomic E-state index is 0.00791. The number of anilines is 1. The van der Waals surface area contributed by atoms with Gasteiger partial charge in [0.05, 0.1) is 10.9 Å². The van der Waals surface area contributed by atoms with Gasteiger partial charge in [0.25, 0.3) is 0 Å². The zero-order chi connectivity index (χ0) is 17.7. The van der Waals surface area contributed by atoms with Crippen LogP contribution in [0.1, 0.15) is 19.8 Å². The van der Waals surface area contributed by atoms with Crippen molar-refractivity contribution in [1.82, 2.24) is 10.2 Å². The Hall–Kier alpha value is -1.86. The number of rotatable bonds is 4. The van der Waals surface area contributed by atoms with E-state index in [1.807, 2.05) is 6.92 Å². The molecule has 1 aliphatic heterocycles. The van der Waals surface area contributed by atoms with Gasteiger partial charge in [-0.3, -0.25) is 4.79 Å². The highest BCUT2D eigenvalue weighted by Crippen LogP contribution is 2.21. The summed E-state index contributed by atoms with van der Waals surface area (Å²) in [7, 11) is 0. The zero-order valence-electron chi connectivity index (χ0n) is 13.5. The first kappa shape index (κ1) is 18.5. The van der Waals surface area contributed by atoms with E-state index >= 15 is 0 Å². The van der Waals surface area contributed by atoms with Crippen LogP contribution in [0.3, 0.4) is 0 Å². The van der Waals surface area contributed by atoms with Gasteiger partial charge in [0, 0.05) is 31.4 Å². The van der Waals surface area contributed by atoms with Crippen molar-refractivity contribution in [3.63, 3.8) is 0 Å². The van der Waals surface area contributed by atoms with Crippen molar-refractivity contribution < 1.29 is 14.0 Å². The van der Waals surface area contributed by atoms with Crippen LogP contribution in [0.2, 0.25) is 5.02 Å². The van der Waals surface area contributed by atoms with Crippen molar-refractivity contribution in [3.8, 4) is 0 Å². The van der Waals surface area contributed by atoms with Crippen LogP contribution in [0, 0.1) is 11.7 Å². The van der Waals surface area contributed by atoms with Crippen molar-refractivity contribution in [2.75, 3.05) is 25.0 Å². The lowest BCUT2D eigenvalue weighted by Crippen LogP contribution is -2.54. The maximum Gasteiger partial charge on any atom is 0.317 e. The van der Waals surface area contributed by atoms with Gasteiger partial charge in [0.1, 0.15) is 5.82 Å². The number of nitrogens with zero attached hydrogens (tertiary/aromatic N) is 1. The van der Waals surface area contributed by atoms with E-state index in [0.717, 1.165) is 12.5 Å². The Balaban J connectivity index is 1.99. The van der Waals surface area contributed by atoms with Crippen LogP contribution in [-0.2, 0) is 4.79 Å². The number of likely N-dealkylation sites (tertiary alicyclic amines) is 1. The van der Waals surface area contributed by atoms with Crippen molar-refractivity contribution in [1.29, 1.82) is 0 Å². The van der Waals surface area contributed by atoms with E-state index in [2.05, 4.69) is 10.6 Å². The highest BCUT2D eigenvalue weighted by atomic mass is 35.5. The number of piperidine rings is 1. The third-order valence-corrected chi connectivity index (χ3v) is 4.16. The number of urea groups is 1. The van der Waals surface area contributed by atoms with Gasteiger partial charge in [-0.15, -0.1) is 0 Å². The molecular weight excluding hydrogens is 335 g/mol. The second kappa shape index (κ2) is 8.30. The molecule has 0 spiro atoms. The summed E-state index contributed by atoms with van der Waals surface area (Å²) in [4.78, 5) is 26.0. The first-order chi connectivity index (χ1) is 11.4. The van der Waals surface area contributed by atoms with E-state index < -0.39 is 11.7 Å². The lowest BCUT2D eigenvalue weighted by Gasteiger charge is -2.35. The molecule has 3 amide bonds. The van der Waals surface area contributed by atoms with Crippen molar-refractivity contribution in [2.24, 2.45) is 11.7 Å². The minimum Gasteiger partial charge on any atom is -0.338 e. The largest absolute Gasteiger partial charge is 0.338 e. The SMILES string of the molecule is CCCNC(=O)N1C[C@H](N)C[C@H](C(=O)Nc2ccc(Cl)c(F)c2)C1. The number of hydrogen-bond acceptors (Lipinski definition) is 3. The van der Waals surface area contributed by atoms with Gasteiger partial charge in [-0.05, 0) is 31.0 Å². The summed E-state index contributed by atoms with van der Waals surface area (Å²) in [5, 5.41) is 5.42. The van der Waals surface area contributed by atoms with Crippen molar-refractivity contribution in [2.45, 2.75) is 25.8 Å². The maximum absolute atomic E-state index is 13.5. The molecule has 0 aliphatic carbocycles. The van der Waals surface area contributed by atoms with E-state index in [4.69, 9.17) is 17.3 Å².